The fourth-order valence-corrected chi connectivity index (χ4v) is 3.58. The maximum atomic E-state index is 12.4. The molecule has 144 valence electrons. The summed E-state index contributed by atoms with van der Waals surface area (Å²) in [5.41, 5.74) is 2.84. The van der Waals surface area contributed by atoms with Crippen molar-refractivity contribution < 1.29 is 19.1 Å². The average molecular weight is 394 g/mol. The van der Waals surface area contributed by atoms with Crippen molar-refractivity contribution in [1.29, 1.82) is 0 Å². The summed E-state index contributed by atoms with van der Waals surface area (Å²) in [5.74, 6) is -0.548. The molecule has 0 atom stereocenters. The van der Waals surface area contributed by atoms with Crippen LogP contribution in [-0.2, 0) is 33.9 Å². The molecule has 0 spiro atoms. The molecule has 0 amide bonds. The maximum absolute atomic E-state index is 12.4. The van der Waals surface area contributed by atoms with E-state index in [4.69, 9.17) is 9.47 Å². The highest BCUT2D eigenvalue weighted by atomic mass is 32.1. The minimum Gasteiger partial charge on any atom is -0.461 e. The van der Waals surface area contributed by atoms with Gasteiger partial charge < -0.3 is 9.47 Å². The van der Waals surface area contributed by atoms with Gasteiger partial charge in [-0.3, -0.25) is 4.79 Å². The van der Waals surface area contributed by atoms with Crippen LogP contribution < -0.4 is 0 Å². The van der Waals surface area contributed by atoms with Crippen LogP contribution >= 0.6 is 11.3 Å². The molecule has 0 bridgehead atoms. The number of esters is 2. The van der Waals surface area contributed by atoms with Crippen LogP contribution in [0.15, 0.2) is 72.1 Å². The number of hydrogen-bond acceptors (Lipinski definition) is 5. The van der Waals surface area contributed by atoms with Crippen LogP contribution in [0.1, 0.15) is 39.2 Å². The molecule has 0 fully saturated rings. The first-order chi connectivity index (χ1) is 13.7. The van der Waals surface area contributed by atoms with Crippen molar-refractivity contribution in [3.8, 4) is 0 Å². The molecule has 3 rings (SSSR count). The Kier molecular flexibility index (Phi) is 7.38. The Hall–Kier alpha value is -2.92. The Morgan fingerprint density at radius 2 is 1.39 bits per heavy atom. The molecule has 0 radical (unpaired) electrons. The lowest BCUT2D eigenvalue weighted by Crippen LogP contribution is -2.07. The van der Waals surface area contributed by atoms with Gasteiger partial charge in [0.05, 0.1) is 0 Å². The van der Waals surface area contributed by atoms with Gasteiger partial charge in [-0.2, -0.15) is 0 Å². The van der Waals surface area contributed by atoms with E-state index in [-0.39, 0.29) is 25.2 Å². The fourth-order valence-electron chi connectivity index (χ4n) is 2.73. The number of benzene rings is 2. The van der Waals surface area contributed by atoms with E-state index in [2.05, 4.69) is 0 Å². The highest BCUT2D eigenvalue weighted by Crippen LogP contribution is 2.21. The van der Waals surface area contributed by atoms with Gasteiger partial charge in [0.1, 0.15) is 18.1 Å². The van der Waals surface area contributed by atoms with Gasteiger partial charge in [0.15, 0.2) is 0 Å². The average Bonchev–Trinajstić information content (AvgIpc) is 3.21. The molecule has 5 heteroatoms. The quantitative estimate of drug-likeness (QED) is 0.470. The first kappa shape index (κ1) is 19.8. The molecule has 3 aromatic rings. The van der Waals surface area contributed by atoms with Crippen LogP contribution in [0.2, 0.25) is 0 Å². The Bertz CT molecular complexity index is 887. The zero-order valence-corrected chi connectivity index (χ0v) is 16.3. The predicted molar refractivity (Wildman–Crippen MR) is 109 cm³/mol. The fraction of sp³-hybridized carbons (Fsp3) is 0.217. The van der Waals surface area contributed by atoms with E-state index in [1.807, 2.05) is 72.1 Å². The van der Waals surface area contributed by atoms with Gasteiger partial charge in [-0.05, 0) is 41.0 Å². The van der Waals surface area contributed by atoms with Crippen LogP contribution in [0.4, 0.5) is 0 Å². The summed E-state index contributed by atoms with van der Waals surface area (Å²) in [6.45, 7) is 0.540. The molecule has 0 unspecified atom stereocenters. The summed E-state index contributed by atoms with van der Waals surface area (Å²) >= 11 is 1.37. The molecule has 0 aliphatic carbocycles. The maximum Gasteiger partial charge on any atom is 0.348 e. The third-order valence-corrected chi connectivity index (χ3v) is 5.15. The SMILES string of the molecule is O=C(CCCc1ccsc1C(=O)OCc1ccccc1)OCc1ccccc1. The summed E-state index contributed by atoms with van der Waals surface area (Å²) in [6, 6.07) is 21.1. The number of hydrogen-bond donors (Lipinski definition) is 0. The lowest BCUT2D eigenvalue weighted by molar-refractivity contribution is -0.145. The molecule has 0 aliphatic heterocycles. The number of carbonyl (C=O) groups is 2. The van der Waals surface area contributed by atoms with Crippen LogP contribution in [0.3, 0.4) is 0 Å². The highest BCUT2D eigenvalue weighted by molar-refractivity contribution is 7.12. The van der Waals surface area contributed by atoms with Crippen LogP contribution in [0.5, 0.6) is 0 Å². The van der Waals surface area contributed by atoms with E-state index < -0.39 is 0 Å². The molecule has 0 saturated carbocycles. The summed E-state index contributed by atoms with van der Waals surface area (Å²) in [6.07, 6.45) is 1.59. The number of aryl methyl sites for hydroxylation is 1. The minimum absolute atomic E-state index is 0.229. The van der Waals surface area contributed by atoms with Gasteiger partial charge in [0.25, 0.3) is 0 Å². The summed E-state index contributed by atoms with van der Waals surface area (Å²) in [7, 11) is 0. The second kappa shape index (κ2) is 10.4. The third kappa shape index (κ3) is 6.06. The minimum atomic E-state index is -0.319. The Morgan fingerprint density at radius 1 is 0.786 bits per heavy atom. The molecule has 28 heavy (non-hydrogen) atoms. The van der Waals surface area contributed by atoms with E-state index in [1.54, 1.807) is 0 Å². The first-order valence-electron chi connectivity index (χ1n) is 9.19. The van der Waals surface area contributed by atoms with Crippen LogP contribution in [0.25, 0.3) is 0 Å². The van der Waals surface area contributed by atoms with Crippen molar-refractivity contribution in [3.05, 3.63) is 93.7 Å². The molecule has 1 heterocycles. The molecule has 0 N–H and O–H groups in total. The second-order valence-electron chi connectivity index (χ2n) is 6.34. The largest absolute Gasteiger partial charge is 0.461 e. The summed E-state index contributed by atoms with van der Waals surface area (Å²) < 4.78 is 10.7. The van der Waals surface area contributed by atoms with Crippen LogP contribution in [-0.4, -0.2) is 11.9 Å². The standard InChI is InChI=1S/C23H22O4S/c24-21(26-16-18-8-3-1-4-9-18)13-7-12-20-14-15-28-22(20)23(25)27-17-19-10-5-2-6-11-19/h1-6,8-11,14-15H,7,12-13,16-17H2. The molecule has 4 nitrogen and oxygen atoms in total. The normalized spacial score (nSPS) is 10.4. The van der Waals surface area contributed by atoms with Crippen molar-refractivity contribution in [1.82, 2.24) is 0 Å². The van der Waals surface area contributed by atoms with Gasteiger partial charge in [-0.25, -0.2) is 4.79 Å². The zero-order valence-electron chi connectivity index (χ0n) is 15.5. The topological polar surface area (TPSA) is 52.6 Å². The van der Waals surface area contributed by atoms with E-state index in [9.17, 15) is 9.59 Å². The van der Waals surface area contributed by atoms with Gasteiger partial charge in [0.2, 0.25) is 0 Å². The van der Waals surface area contributed by atoms with Gasteiger partial charge in [-0.1, -0.05) is 60.7 Å². The second-order valence-corrected chi connectivity index (χ2v) is 7.25. The van der Waals surface area contributed by atoms with E-state index in [1.165, 1.54) is 11.3 Å². The van der Waals surface area contributed by atoms with Gasteiger partial charge in [-0.15, -0.1) is 11.3 Å². The number of rotatable bonds is 9. The first-order valence-corrected chi connectivity index (χ1v) is 10.1. The van der Waals surface area contributed by atoms with Crippen molar-refractivity contribution in [2.24, 2.45) is 0 Å². The number of thiophene rings is 1. The van der Waals surface area contributed by atoms with Gasteiger partial charge in [0, 0.05) is 6.42 Å². The third-order valence-electron chi connectivity index (χ3n) is 4.21. The predicted octanol–water partition coefficient (Wildman–Crippen LogP) is 5.17. The highest BCUT2D eigenvalue weighted by Gasteiger charge is 2.15. The van der Waals surface area contributed by atoms with Crippen molar-refractivity contribution in [2.75, 3.05) is 0 Å². The molecule has 1 aromatic heterocycles. The van der Waals surface area contributed by atoms with E-state index >= 15 is 0 Å². The molecule has 0 aliphatic rings. The molecule has 2 aromatic carbocycles. The Labute approximate surface area is 168 Å². The smallest absolute Gasteiger partial charge is 0.348 e. The Morgan fingerprint density at radius 3 is 2.04 bits per heavy atom. The monoisotopic (exact) mass is 394 g/mol. The van der Waals surface area contributed by atoms with Gasteiger partial charge >= 0.3 is 11.9 Å². The Balaban J connectivity index is 1.42. The van der Waals surface area contributed by atoms with Crippen molar-refractivity contribution in [3.63, 3.8) is 0 Å². The van der Waals surface area contributed by atoms with E-state index in [0.717, 1.165) is 16.7 Å². The molecule has 0 saturated heterocycles. The van der Waals surface area contributed by atoms with Crippen molar-refractivity contribution >= 4 is 23.3 Å². The summed E-state index contributed by atoms with van der Waals surface area (Å²) in [5, 5.41) is 1.88. The molecular weight excluding hydrogens is 372 g/mol. The lowest BCUT2D eigenvalue weighted by Gasteiger charge is -2.07. The number of carbonyl (C=O) groups excluding carboxylic acids is 2. The number of ether oxygens (including phenoxy) is 2. The molecular formula is C23H22O4S. The van der Waals surface area contributed by atoms with Crippen LogP contribution in [0, 0.1) is 0 Å². The van der Waals surface area contributed by atoms with E-state index in [0.29, 0.717) is 24.1 Å². The lowest BCUT2D eigenvalue weighted by atomic mass is 10.1. The summed E-state index contributed by atoms with van der Waals surface area (Å²) in [4.78, 5) is 24.9. The van der Waals surface area contributed by atoms with Crippen molar-refractivity contribution in [2.45, 2.75) is 32.5 Å². The zero-order chi connectivity index (χ0) is 19.6.